The molecule has 0 saturated carbocycles. The van der Waals surface area contributed by atoms with Crippen molar-refractivity contribution in [2.45, 2.75) is 26.3 Å². The molecule has 0 saturated heterocycles. The minimum atomic E-state index is -0.103. The molecule has 2 heterocycles. The first-order valence-electron chi connectivity index (χ1n) is 9.12. The van der Waals surface area contributed by atoms with E-state index in [2.05, 4.69) is 20.5 Å². The topological polar surface area (TPSA) is 83.0 Å². The molecule has 4 rings (SSSR count). The SMILES string of the molecule is CC(=O)Nc1cccc(Nc2ncc3c(n2)-c2sc(CN(C)C)nc2CC3)c1. The predicted octanol–water partition coefficient (Wildman–Crippen LogP) is 3.46. The first-order valence-corrected chi connectivity index (χ1v) is 9.94. The number of hydrogen-bond acceptors (Lipinski definition) is 7. The third-order valence-corrected chi connectivity index (χ3v) is 5.43. The summed E-state index contributed by atoms with van der Waals surface area (Å²) in [5.41, 5.74) is 4.81. The number of anilines is 3. The monoisotopic (exact) mass is 394 g/mol. The minimum Gasteiger partial charge on any atom is -0.326 e. The lowest BCUT2D eigenvalue weighted by Gasteiger charge is -2.15. The molecule has 0 fully saturated rings. The summed E-state index contributed by atoms with van der Waals surface area (Å²) in [6.45, 7) is 2.32. The number of rotatable bonds is 5. The number of thiazole rings is 1. The molecule has 1 aromatic carbocycles. The van der Waals surface area contributed by atoms with E-state index in [1.165, 1.54) is 6.92 Å². The number of aryl methyl sites for hydroxylation is 2. The number of nitrogens with one attached hydrogen (secondary N) is 2. The van der Waals surface area contributed by atoms with Gasteiger partial charge in [0, 0.05) is 31.0 Å². The fourth-order valence-electron chi connectivity index (χ4n) is 3.20. The molecule has 8 heteroatoms. The number of amides is 1. The smallest absolute Gasteiger partial charge is 0.227 e. The predicted molar refractivity (Wildman–Crippen MR) is 112 cm³/mol. The molecule has 1 aliphatic carbocycles. The Hall–Kier alpha value is -2.84. The number of carbonyl (C=O) groups is 1. The molecular weight excluding hydrogens is 372 g/mol. The van der Waals surface area contributed by atoms with Gasteiger partial charge >= 0.3 is 0 Å². The van der Waals surface area contributed by atoms with Crippen LogP contribution in [0.2, 0.25) is 0 Å². The molecule has 0 unspecified atom stereocenters. The molecule has 2 aromatic heterocycles. The Balaban J connectivity index is 1.61. The van der Waals surface area contributed by atoms with Gasteiger partial charge in [0.15, 0.2) is 0 Å². The number of aromatic nitrogens is 3. The Labute approximate surface area is 167 Å². The highest BCUT2D eigenvalue weighted by Gasteiger charge is 2.23. The van der Waals surface area contributed by atoms with Crippen LogP contribution in [0.1, 0.15) is 23.2 Å². The summed E-state index contributed by atoms with van der Waals surface area (Å²) >= 11 is 1.71. The summed E-state index contributed by atoms with van der Waals surface area (Å²) in [6, 6.07) is 7.50. The second kappa shape index (κ2) is 7.65. The molecule has 0 aliphatic heterocycles. The van der Waals surface area contributed by atoms with Gasteiger partial charge in [-0.25, -0.2) is 15.0 Å². The van der Waals surface area contributed by atoms with Crippen molar-refractivity contribution in [1.82, 2.24) is 19.9 Å². The second-order valence-corrected chi connectivity index (χ2v) is 8.16. The highest BCUT2D eigenvalue weighted by Crippen LogP contribution is 2.37. The summed E-state index contributed by atoms with van der Waals surface area (Å²) < 4.78 is 0. The van der Waals surface area contributed by atoms with Crippen molar-refractivity contribution in [3.63, 3.8) is 0 Å². The lowest BCUT2D eigenvalue weighted by atomic mass is 10.00. The van der Waals surface area contributed by atoms with Crippen LogP contribution >= 0.6 is 11.3 Å². The normalized spacial score (nSPS) is 12.4. The van der Waals surface area contributed by atoms with Crippen LogP contribution in [0, 0.1) is 0 Å². The molecule has 144 valence electrons. The van der Waals surface area contributed by atoms with Gasteiger partial charge in [-0.2, -0.15) is 0 Å². The van der Waals surface area contributed by atoms with Crippen molar-refractivity contribution >= 4 is 34.6 Å². The molecule has 0 radical (unpaired) electrons. The first kappa shape index (κ1) is 18.5. The van der Waals surface area contributed by atoms with Gasteiger partial charge in [0.25, 0.3) is 0 Å². The van der Waals surface area contributed by atoms with E-state index >= 15 is 0 Å². The molecule has 0 atom stereocenters. The standard InChI is InChI=1S/C20H22N6OS/c1-12(27)22-14-5-4-6-15(9-14)23-20-21-10-13-7-8-16-19(18(13)25-20)28-17(24-16)11-26(2)3/h4-6,9-10H,7-8,11H2,1-3H3,(H,22,27)(H,21,23,25). The minimum absolute atomic E-state index is 0.103. The highest BCUT2D eigenvalue weighted by molar-refractivity contribution is 7.15. The van der Waals surface area contributed by atoms with Crippen molar-refractivity contribution < 1.29 is 4.79 Å². The van der Waals surface area contributed by atoms with Crippen molar-refractivity contribution in [3.05, 3.63) is 46.7 Å². The van der Waals surface area contributed by atoms with Crippen LogP contribution in [-0.2, 0) is 24.2 Å². The van der Waals surface area contributed by atoms with Crippen LogP contribution in [0.25, 0.3) is 10.6 Å². The summed E-state index contributed by atoms with van der Waals surface area (Å²) in [4.78, 5) is 28.6. The van der Waals surface area contributed by atoms with Crippen LogP contribution in [-0.4, -0.2) is 39.9 Å². The van der Waals surface area contributed by atoms with Crippen LogP contribution < -0.4 is 10.6 Å². The zero-order chi connectivity index (χ0) is 19.7. The van der Waals surface area contributed by atoms with E-state index in [9.17, 15) is 4.79 Å². The van der Waals surface area contributed by atoms with Crippen molar-refractivity contribution in [2.75, 3.05) is 24.7 Å². The lowest BCUT2D eigenvalue weighted by Crippen LogP contribution is -2.10. The Morgan fingerprint density at radius 1 is 1.21 bits per heavy atom. The number of nitrogens with zero attached hydrogens (tertiary/aromatic N) is 4. The van der Waals surface area contributed by atoms with E-state index in [0.29, 0.717) is 5.95 Å². The fraction of sp³-hybridized carbons (Fsp3) is 0.300. The number of benzene rings is 1. The Bertz CT molecular complexity index is 1030. The van der Waals surface area contributed by atoms with Crippen LogP contribution in [0.3, 0.4) is 0 Å². The van der Waals surface area contributed by atoms with E-state index in [-0.39, 0.29) is 5.91 Å². The molecule has 3 aromatic rings. The van der Waals surface area contributed by atoms with Crippen molar-refractivity contribution in [3.8, 4) is 10.6 Å². The summed E-state index contributed by atoms with van der Waals surface area (Å²) in [5, 5.41) is 7.13. The van der Waals surface area contributed by atoms with Crippen molar-refractivity contribution in [1.29, 1.82) is 0 Å². The van der Waals surface area contributed by atoms with E-state index in [1.54, 1.807) is 11.3 Å². The maximum absolute atomic E-state index is 11.3. The fourth-order valence-corrected chi connectivity index (χ4v) is 4.45. The zero-order valence-electron chi connectivity index (χ0n) is 16.1. The highest BCUT2D eigenvalue weighted by atomic mass is 32.1. The molecule has 1 amide bonds. The molecular formula is C20H22N6OS. The molecule has 28 heavy (non-hydrogen) atoms. The van der Waals surface area contributed by atoms with E-state index in [4.69, 9.17) is 9.97 Å². The maximum Gasteiger partial charge on any atom is 0.227 e. The summed E-state index contributed by atoms with van der Waals surface area (Å²) in [5.74, 6) is 0.433. The van der Waals surface area contributed by atoms with Crippen molar-refractivity contribution in [2.24, 2.45) is 0 Å². The Morgan fingerprint density at radius 3 is 2.82 bits per heavy atom. The second-order valence-electron chi connectivity index (χ2n) is 7.08. The molecule has 0 spiro atoms. The average Bonchev–Trinajstić information content (AvgIpc) is 3.03. The number of carbonyl (C=O) groups excluding carboxylic acids is 1. The van der Waals surface area contributed by atoms with Gasteiger partial charge in [0.05, 0.1) is 16.3 Å². The van der Waals surface area contributed by atoms with Gasteiger partial charge in [-0.1, -0.05) is 6.07 Å². The van der Waals surface area contributed by atoms with Crippen LogP contribution in [0.5, 0.6) is 0 Å². The zero-order valence-corrected chi connectivity index (χ0v) is 16.9. The molecule has 1 aliphatic rings. The van der Waals surface area contributed by atoms with Gasteiger partial charge in [-0.15, -0.1) is 11.3 Å². The van der Waals surface area contributed by atoms with E-state index < -0.39 is 0 Å². The lowest BCUT2D eigenvalue weighted by molar-refractivity contribution is -0.114. The largest absolute Gasteiger partial charge is 0.326 e. The third-order valence-electron chi connectivity index (χ3n) is 4.34. The Morgan fingerprint density at radius 2 is 2.04 bits per heavy atom. The molecule has 7 nitrogen and oxygen atoms in total. The molecule has 0 bridgehead atoms. The first-order chi connectivity index (χ1) is 13.5. The maximum atomic E-state index is 11.3. The van der Waals surface area contributed by atoms with E-state index in [1.807, 2.05) is 44.6 Å². The quantitative estimate of drug-likeness (QED) is 0.690. The van der Waals surface area contributed by atoms with Crippen LogP contribution in [0.4, 0.5) is 17.3 Å². The van der Waals surface area contributed by atoms with Gasteiger partial charge < -0.3 is 15.5 Å². The van der Waals surface area contributed by atoms with Gasteiger partial charge in [0.1, 0.15) is 5.01 Å². The van der Waals surface area contributed by atoms with Gasteiger partial charge in [-0.3, -0.25) is 4.79 Å². The summed E-state index contributed by atoms with van der Waals surface area (Å²) in [7, 11) is 4.10. The van der Waals surface area contributed by atoms with Crippen LogP contribution in [0.15, 0.2) is 30.5 Å². The van der Waals surface area contributed by atoms with E-state index in [0.717, 1.165) is 57.6 Å². The van der Waals surface area contributed by atoms with Gasteiger partial charge in [0.2, 0.25) is 11.9 Å². The van der Waals surface area contributed by atoms with Gasteiger partial charge in [-0.05, 0) is 50.7 Å². The number of fused-ring (bicyclic) bond motifs is 3. The third kappa shape index (κ3) is 4.02. The number of hydrogen-bond donors (Lipinski definition) is 2. The molecule has 2 N–H and O–H groups in total. The summed E-state index contributed by atoms with van der Waals surface area (Å²) in [6.07, 6.45) is 3.74. The average molecular weight is 395 g/mol. The Kier molecular flexibility index (Phi) is 5.06.